The Morgan fingerprint density at radius 2 is 1.81 bits per heavy atom. The van der Waals surface area contributed by atoms with Gasteiger partial charge in [-0.1, -0.05) is 0 Å². The fourth-order valence-electron chi connectivity index (χ4n) is 3.45. The Hall–Kier alpha value is -1.20. The van der Waals surface area contributed by atoms with E-state index in [0.717, 1.165) is 56.8 Å². The first kappa shape index (κ1) is 14.7. The van der Waals surface area contributed by atoms with E-state index in [2.05, 4.69) is 33.0 Å². The Balaban J connectivity index is 1.53. The molecule has 3 rings (SSSR count). The standard InChI is InChI=1S/C16H26N4O/c1-13-3-4-16(18-17-13)20-7-5-15(6-8-20)14(2)19-9-11-21-12-10-19/h3-4,14-15H,5-12H2,1-2H3/t14-/m0/s1. The van der Waals surface area contributed by atoms with Crippen molar-refractivity contribution >= 4 is 5.82 Å². The molecule has 0 bridgehead atoms. The number of piperidine rings is 1. The van der Waals surface area contributed by atoms with Gasteiger partial charge in [0.2, 0.25) is 0 Å². The van der Waals surface area contributed by atoms with Gasteiger partial charge in [-0.3, -0.25) is 4.90 Å². The SMILES string of the molecule is Cc1ccc(N2CCC([C@H](C)N3CCOCC3)CC2)nn1. The predicted octanol–water partition coefficient (Wildman–Crippen LogP) is 1.72. The van der Waals surface area contributed by atoms with Crippen molar-refractivity contribution in [3.05, 3.63) is 17.8 Å². The van der Waals surface area contributed by atoms with Crippen LogP contribution < -0.4 is 4.90 Å². The lowest BCUT2D eigenvalue weighted by molar-refractivity contribution is 0.00447. The molecule has 3 heterocycles. The zero-order valence-corrected chi connectivity index (χ0v) is 13.2. The van der Waals surface area contributed by atoms with Crippen LogP contribution in [-0.2, 0) is 4.74 Å². The first-order valence-electron chi connectivity index (χ1n) is 8.11. The minimum atomic E-state index is 0.667. The van der Waals surface area contributed by atoms with E-state index in [-0.39, 0.29) is 0 Å². The Morgan fingerprint density at radius 1 is 1.10 bits per heavy atom. The molecule has 2 fully saturated rings. The molecule has 5 heteroatoms. The average molecular weight is 290 g/mol. The molecule has 1 atom stereocenters. The maximum atomic E-state index is 5.46. The van der Waals surface area contributed by atoms with Gasteiger partial charge in [-0.25, -0.2) is 0 Å². The van der Waals surface area contributed by atoms with Crippen LogP contribution in [0.5, 0.6) is 0 Å². The highest BCUT2D eigenvalue weighted by molar-refractivity contribution is 5.37. The molecule has 116 valence electrons. The third-order valence-electron chi connectivity index (χ3n) is 4.95. The maximum absolute atomic E-state index is 5.46. The van der Waals surface area contributed by atoms with E-state index in [1.54, 1.807) is 0 Å². The summed E-state index contributed by atoms with van der Waals surface area (Å²) < 4.78 is 5.46. The largest absolute Gasteiger partial charge is 0.379 e. The molecule has 2 aliphatic rings. The number of hydrogen-bond acceptors (Lipinski definition) is 5. The van der Waals surface area contributed by atoms with Gasteiger partial charge in [-0.05, 0) is 44.7 Å². The summed E-state index contributed by atoms with van der Waals surface area (Å²) in [6.45, 7) is 10.5. The normalized spacial score (nSPS) is 23.2. The minimum Gasteiger partial charge on any atom is -0.379 e. The van der Waals surface area contributed by atoms with Crippen LogP contribution in [0.15, 0.2) is 12.1 Å². The molecule has 0 spiro atoms. The molecule has 0 amide bonds. The maximum Gasteiger partial charge on any atom is 0.151 e. The van der Waals surface area contributed by atoms with Gasteiger partial charge in [0.15, 0.2) is 5.82 Å². The van der Waals surface area contributed by atoms with Crippen LogP contribution in [0.3, 0.4) is 0 Å². The zero-order valence-electron chi connectivity index (χ0n) is 13.2. The summed E-state index contributed by atoms with van der Waals surface area (Å²) in [5.74, 6) is 1.82. The molecule has 2 aliphatic heterocycles. The molecular weight excluding hydrogens is 264 g/mol. The van der Waals surface area contributed by atoms with Gasteiger partial charge in [0, 0.05) is 32.2 Å². The van der Waals surface area contributed by atoms with Gasteiger partial charge in [0.25, 0.3) is 0 Å². The van der Waals surface area contributed by atoms with E-state index in [1.807, 2.05) is 13.0 Å². The lowest BCUT2D eigenvalue weighted by atomic mass is 9.89. The summed E-state index contributed by atoms with van der Waals surface area (Å²) in [4.78, 5) is 4.96. The summed E-state index contributed by atoms with van der Waals surface area (Å²) in [6.07, 6.45) is 2.49. The average Bonchev–Trinajstić information content (AvgIpc) is 2.56. The van der Waals surface area contributed by atoms with Crippen LogP contribution >= 0.6 is 0 Å². The van der Waals surface area contributed by atoms with Gasteiger partial charge in [0.05, 0.1) is 18.9 Å². The van der Waals surface area contributed by atoms with Crippen molar-refractivity contribution in [2.24, 2.45) is 5.92 Å². The van der Waals surface area contributed by atoms with Crippen molar-refractivity contribution in [1.82, 2.24) is 15.1 Å². The van der Waals surface area contributed by atoms with Gasteiger partial charge < -0.3 is 9.64 Å². The molecule has 0 radical (unpaired) electrons. The van der Waals surface area contributed by atoms with E-state index in [1.165, 1.54) is 12.8 Å². The zero-order chi connectivity index (χ0) is 14.7. The molecule has 0 aliphatic carbocycles. The van der Waals surface area contributed by atoms with E-state index in [9.17, 15) is 0 Å². The molecular formula is C16H26N4O. The van der Waals surface area contributed by atoms with Crippen molar-refractivity contribution in [3.63, 3.8) is 0 Å². The van der Waals surface area contributed by atoms with Crippen molar-refractivity contribution in [1.29, 1.82) is 0 Å². The lowest BCUT2D eigenvalue weighted by Gasteiger charge is -2.41. The van der Waals surface area contributed by atoms with Crippen molar-refractivity contribution in [2.45, 2.75) is 32.7 Å². The topological polar surface area (TPSA) is 41.5 Å². The Labute approximate surface area is 127 Å². The Bertz CT molecular complexity index is 436. The monoisotopic (exact) mass is 290 g/mol. The van der Waals surface area contributed by atoms with Crippen LogP contribution in [0.1, 0.15) is 25.5 Å². The predicted molar refractivity (Wildman–Crippen MR) is 83.6 cm³/mol. The fourth-order valence-corrected chi connectivity index (χ4v) is 3.45. The first-order valence-corrected chi connectivity index (χ1v) is 8.11. The second-order valence-corrected chi connectivity index (χ2v) is 6.25. The second-order valence-electron chi connectivity index (χ2n) is 6.25. The van der Waals surface area contributed by atoms with E-state index in [0.29, 0.717) is 6.04 Å². The summed E-state index contributed by atoms with van der Waals surface area (Å²) in [5, 5.41) is 8.48. The van der Waals surface area contributed by atoms with E-state index in [4.69, 9.17) is 4.74 Å². The highest BCUT2D eigenvalue weighted by atomic mass is 16.5. The first-order chi connectivity index (χ1) is 10.2. The number of hydrogen-bond donors (Lipinski definition) is 0. The van der Waals surface area contributed by atoms with Crippen LogP contribution in [0.2, 0.25) is 0 Å². The number of rotatable bonds is 3. The molecule has 0 saturated carbocycles. The van der Waals surface area contributed by atoms with Crippen LogP contribution in [0, 0.1) is 12.8 Å². The van der Waals surface area contributed by atoms with Crippen LogP contribution in [0.4, 0.5) is 5.82 Å². The molecule has 2 saturated heterocycles. The molecule has 1 aromatic rings. The van der Waals surface area contributed by atoms with Gasteiger partial charge in [-0.15, -0.1) is 5.10 Å². The fraction of sp³-hybridized carbons (Fsp3) is 0.750. The highest BCUT2D eigenvalue weighted by Gasteiger charge is 2.28. The number of aryl methyl sites for hydroxylation is 1. The summed E-state index contributed by atoms with van der Waals surface area (Å²) in [6, 6.07) is 4.80. The molecule has 21 heavy (non-hydrogen) atoms. The van der Waals surface area contributed by atoms with Gasteiger partial charge in [-0.2, -0.15) is 5.10 Å². The third-order valence-corrected chi connectivity index (χ3v) is 4.95. The molecule has 1 aromatic heterocycles. The van der Waals surface area contributed by atoms with E-state index < -0.39 is 0 Å². The second kappa shape index (κ2) is 6.71. The number of nitrogens with zero attached hydrogens (tertiary/aromatic N) is 4. The third kappa shape index (κ3) is 3.52. The molecule has 0 N–H and O–H groups in total. The summed E-state index contributed by atoms with van der Waals surface area (Å²) in [7, 11) is 0. The molecule has 0 aromatic carbocycles. The minimum absolute atomic E-state index is 0.667. The van der Waals surface area contributed by atoms with Gasteiger partial charge in [0.1, 0.15) is 0 Å². The van der Waals surface area contributed by atoms with Crippen molar-refractivity contribution < 1.29 is 4.74 Å². The smallest absolute Gasteiger partial charge is 0.151 e. The summed E-state index contributed by atoms with van der Waals surface area (Å²) in [5.41, 5.74) is 0.981. The molecule has 5 nitrogen and oxygen atoms in total. The number of anilines is 1. The number of ether oxygens (including phenoxy) is 1. The Kier molecular flexibility index (Phi) is 4.70. The van der Waals surface area contributed by atoms with Gasteiger partial charge >= 0.3 is 0 Å². The Morgan fingerprint density at radius 3 is 2.43 bits per heavy atom. The number of aromatic nitrogens is 2. The highest BCUT2D eigenvalue weighted by Crippen LogP contribution is 2.26. The quantitative estimate of drug-likeness (QED) is 0.848. The lowest BCUT2D eigenvalue weighted by Crippen LogP contribution is -2.48. The van der Waals surface area contributed by atoms with Crippen LogP contribution in [0.25, 0.3) is 0 Å². The summed E-state index contributed by atoms with van der Waals surface area (Å²) >= 11 is 0. The molecule has 0 unspecified atom stereocenters. The van der Waals surface area contributed by atoms with E-state index >= 15 is 0 Å². The number of morpholine rings is 1. The van der Waals surface area contributed by atoms with Crippen molar-refractivity contribution in [2.75, 3.05) is 44.3 Å². The van der Waals surface area contributed by atoms with Crippen molar-refractivity contribution in [3.8, 4) is 0 Å². The van der Waals surface area contributed by atoms with Crippen LogP contribution in [-0.4, -0.2) is 60.5 Å².